The van der Waals surface area contributed by atoms with Crippen molar-refractivity contribution in [3.8, 4) is 5.75 Å². The third-order valence-electron chi connectivity index (χ3n) is 4.06. The normalized spacial score (nSPS) is 12.0. The molecule has 7 nitrogen and oxygen atoms in total. The van der Waals surface area contributed by atoms with Crippen molar-refractivity contribution in [1.29, 1.82) is 0 Å². The molecule has 0 N–H and O–H groups in total. The monoisotopic (exact) mass is 388 g/mol. The minimum absolute atomic E-state index is 0.295. The third-order valence-corrected chi connectivity index (χ3v) is 5.10. The number of benzene rings is 1. The highest BCUT2D eigenvalue weighted by Crippen LogP contribution is 2.23. The maximum absolute atomic E-state index is 12.7. The molecule has 0 atom stereocenters. The van der Waals surface area contributed by atoms with Crippen LogP contribution in [0.4, 0.5) is 0 Å². The molecular formula is C19H24N4O3S. The first-order chi connectivity index (χ1) is 13.2. The van der Waals surface area contributed by atoms with Crippen LogP contribution in [0, 0.1) is 0 Å². The van der Waals surface area contributed by atoms with E-state index in [0.717, 1.165) is 16.0 Å². The van der Waals surface area contributed by atoms with Crippen LogP contribution in [-0.4, -0.2) is 40.1 Å². The van der Waals surface area contributed by atoms with Crippen LogP contribution >= 0.6 is 11.3 Å². The van der Waals surface area contributed by atoms with E-state index in [-0.39, 0.29) is 5.91 Å². The van der Waals surface area contributed by atoms with E-state index in [4.69, 9.17) is 9.47 Å². The van der Waals surface area contributed by atoms with Gasteiger partial charge in [-0.3, -0.25) is 9.48 Å². The van der Waals surface area contributed by atoms with Crippen LogP contribution in [-0.2, 0) is 17.8 Å². The molecule has 1 amide bonds. The maximum Gasteiger partial charge on any atom is 0.297 e. The van der Waals surface area contributed by atoms with Crippen LogP contribution in [0.2, 0.25) is 0 Å². The highest BCUT2D eigenvalue weighted by molar-refractivity contribution is 7.16. The molecule has 0 aliphatic carbocycles. The summed E-state index contributed by atoms with van der Waals surface area (Å²) < 4.78 is 15.8. The molecule has 0 radical (unpaired) electrons. The number of nitrogens with zero attached hydrogens (tertiary/aromatic N) is 4. The van der Waals surface area contributed by atoms with E-state index in [9.17, 15) is 4.79 Å². The topological polar surface area (TPSA) is 70.6 Å². The zero-order valence-electron chi connectivity index (χ0n) is 15.8. The second kappa shape index (κ2) is 8.96. The molecule has 0 aliphatic rings. The number of carbonyl (C=O) groups excluding carboxylic acids is 1. The Kier molecular flexibility index (Phi) is 6.41. The largest absolute Gasteiger partial charge is 0.494 e. The summed E-state index contributed by atoms with van der Waals surface area (Å²) >= 11 is 1.47. The van der Waals surface area contributed by atoms with Crippen LogP contribution in [0.15, 0.2) is 35.5 Å². The molecule has 0 aliphatic heterocycles. The lowest BCUT2D eigenvalue weighted by molar-refractivity contribution is 0.0986. The molecule has 2 aromatic heterocycles. The van der Waals surface area contributed by atoms with E-state index >= 15 is 0 Å². The molecule has 0 spiro atoms. The van der Waals surface area contributed by atoms with E-state index in [0.29, 0.717) is 43.4 Å². The minimum Gasteiger partial charge on any atom is -0.494 e. The van der Waals surface area contributed by atoms with E-state index in [2.05, 4.69) is 10.1 Å². The van der Waals surface area contributed by atoms with Crippen molar-refractivity contribution in [3.63, 3.8) is 0 Å². The number of amides is 1. The van der Waals surface area contributed by atoms with Gasteiger partial charge in [-0.1, -0.05) is 11.3 Å². The Labute approximate surface area is 161 Å². The molecule has 0 saturated carbocycles. The van der Waals surface area contributed by atoms with Crippen LogP contribution in [0.3, 0.4) is 0 Å². The van der Waals surface area contributed by atoms with Crippen molar-refractivity contribution in [3.05, 3.63) is 41.0 Å². The van der Waals surface area contributed by atoms with Crippen LogP contribution in [0.5, 0.6) is 5.75 Å². The summed E-state index contributed by atoms with van der Waals surface area (Å²) in [6, 6.07) is 7.62. The van der Waals surface area contributed by atoms with Crippen molar-refractivity contribution >= 4 is 27.5 Å². The third kappa shape index (κ3) is 4.28. The molecule has 0 fully saturated rings. The van der Waals surface area contributed by atoms with Crippen molar-refractivity contribution in [1.82, 2.24) is 14.3 Å². The molecule has 0 bridgehead atoms. The number of ether oxygens (including phenoxy) is 2. The van der Waals surface area contributed by atoms with Gasteiger partial charge in [0.1, 0.15) is 11.4 Å². The van der Waals surface area contributed by atoms with Gasteiger partial charge in [-0.25, -0.2) is 0 Å². The Morgan fingerprint density at radius 3 is 2.81 bits per heavy atom. The van der Waals surface area contributed by atoms with Gasteiger partial charge in [-0.2, -0.15) is 10.1 Å². The summed E-state index contributed by atoms with van der Waals surface area (Å²) in [5, 5.41) is 4.15. The average Bonchev–Trinajstić information content (AvgIpc) is 3.27. The van der Waals surface area contributed by atoms with Crippen molar-refractivity contribution in [2.24, 2.45) is 4.99 Å². The SMILES string of the molecule is CCOCCn1c(=NC(=O)c2ccnn2CC)sc2cc(OCC)ccc21. The summed E-state index contributed by atoms with van der Waals surface area (Å²) in [6.07, 6.45) is 1.62. The minimum atomic E-state index is -0.295. The standard InChI is InChI=1S/C19H24N4O3S/c1-4-23-16(9-10-20-23)18(24)21-19-22(11-12-25-5-2)15-8-7-14(26-6-3)13-17(15)27-19/h7-10,13H,4-6,11-12H2,1-3H3. The first-order valence-electron chi connectivity index (χ1n) is 9.12. The fourth-order valence-electron chi connectivity index (χ4n) is 2.82. The zero-order chi connectivity index (χ0) is 19.2. The highest BCUT2D eigenvalue weighted by Gasteiger charge is 2.13. The molecule has 1 aromatic carbocycles. The molecule has 8 heteroatoms. The number of thiazole rings is 1. The van der Waals surface area contributed by atoms with Crippen molar-refractivity contribution in [2.75, 3.05) is 19.8 Å². The average molecular weight is 388 g/mol. The zero-order valence-corrected chi connectivity index (χ0v) is 16.7. The highest BCUT2D eigenvalue weighted by atomic mass is 32.1. The Morgan fingerprint density at radius 2 is 2.07 bits per heavy atom. The summed E-state index contributed by atoms with van der Waals surface area (Å²) in [4.78, 5) is 17.7. The van der Waals surface area contributed by atoms with Gasteiger partial charge in [0.2, 0.25) is 0 Å². The fourth-order valence-corrected chi connectivity index (χ4v) is 3.91. The predicted octanol–water partition coefficient (Wildman–Crippen LogP) is 3.10. The molecular weight excluding hydrogens is 364 g/mol. The summed E-state index contributed by atoms with van der Waals surface area (Å²) in [5.74, 6) is 0.515. The van der Waals surface area contributed by atoms with Gasteiger partial charge in [-0.05, 0) is 45.0 Å². The molecule has 0 saturated heterocycles. The molecule has 3 aromatic rings. The summed E-state index contributed by atoms with van der Waals surface area (Å²) in [7, 11) is 0. The molecule has 27 heavy (non-hydrogen) atoms. The first kappa shape index (κ1) is 19.3. The lowest BCUT2D eigenvalue weighted by Gasteiger charge is -2.06. The fraction of sp³-hybridized carbons (Fsp3) is 0.421. The first-order valence-corrected chi connectivity index (χ1v) is 9.94. The Balaban J connectivity index is 2.05. The van der Waals surface area contributed by atoms with Crippen molar-refractivity contribution < 1.29 is 14.3 Å². The lowest BCUT2D eigenvalue weighted by Crippen LogP contribution is -2.20. The summed E-state index contributed by atoms with van der Waals surface area (Å²) in [5.41, 5.74) is 1.50. The molecule has 3 rings (SSSR count). The number of rotatable bonds is 8. The van der Waals surface area contributed by atoms with Crippen LogP contribution < -0.4 is 9.54 Å². The number of hydrogen-bond donors (Lipinski definition) is 0. The van der Waals surface area contributed by atoms with Crippen molar-refractivity contribution in [2.45, 2.75) is 33.9 Å². The second-order valence-electron chi connectivity index (χ2n) is 5.74. The Bertz CT molecular complexity index is 986. The quantitative estimate of drug-likeness (QED) is 0.556. The van der Waals surface area contributed by atoms with Gasteiger partial charge in [0, 0.05) is 25.9 Å². The van der Waals surface area contributed by atoms with E-state index in [1.807, 2.05) is 43.5 Å². The van der Waals surface area contributed by atoms with Crippen LogP contribution in [0.25, 0.3) is 10.2 Å². The van der Waals surface area contributed by atoms with Gasteiger partial charge in [0.25, 0.3) is 5.91 Å². The number of aryl methyl sites for hydroxylation is 1. The molecule has 2 heterocycles. The summed E-state index contributed by atoms with van der Waals surface area (Å²) in [6.45, 7) is 8.93. The second-order valence-corrected chi connectivity index (χ2v) is 6.75. The number of fused-ring (bicyclic) bond motifs is 1. The van der Waals surface area contributed by atoms with Gasteiger partial charge in [0.05, 0.1) is 23.4 Å². The molecule has 144 valence electrons. The Morgan fingerprint density at radius 1 is 1.22 bits per heavy atom. The molecule has 0 unspecified atom stereocenters. The van der Waals surface area contributed by atoms with E-state index in [1.165, 1.54) is 11.3 Å². The van der Waals surface area contributed by atoms with E-state index in [1.54, 1.807) is 16.9 Å². The van der Waals surface area contributed by atoms with Crippen LogP contribution in [0.1, 0.15) is 31.3 Å². The van der Waals surface area contributed by atoms with Gasteiger partial charge in [0.15, 0.2) is 4.80 Å². The number of aromatic nitrogens is 3. The predicted molar refractivity (Wildman–Crippen MR) is 105 cm³/mol. The Hall–Kier alpha value is -2.45. The number of hydrogen-bond acceptors (Lipinski definition) is 5. The number of carbonyl (C=O) groups is 1. The smallest absolute Gasteiger partial charge is 0.297 e. The van der Waals surface area contributed by atoms with Gasteiger partial charge < -0.3 is 14.0 Å². The van der Waals surface area contributed by atoms with E-state index < -0.39 is 0 Å². The van der Waals surface area contributed by atoms with Gasteiger partial charge in [-0.15, -0.1) is 0 Å². The van der Waals surface area contributed by atoms with Gasteiger partial charge >= 0.3 is 0 Å². The maximum atomic E-state index is 12.7. The lowest BCUT2D eigenvalue weighted by atomic mass is 10.3.